The molecule has 0 spiro atoms. The van der Waals surface area contributed by atoms with Crippen LogP contribution in [0.25, 0.3) is 28.1 Å². The summed E-state index contributed by atoms with van der Waals surface area (Å²) in [6.07, 6.45) is 3.09. The van der Waals surface area contributed by atoms with Gasteiger partial charge < -0.3 is 14.2 Å². The monoisotopic (exact) mass is 484 g/mol. The molecule has 3 aromatic heterocycles. The van der Waals surface area contributed by atoms with Crippen molar-refractivity contribution in [3.63, 3.8) is 0 Å². The first-order valence-electron chi connectivity index (χ1n) is 11.9. The SMILES string of the molecule is COC1(c2cc(F)cc(OCc3ccc4c(ccc5nnc(-c6ccccn6)n54)c3)c2)CCOCC1. The fraction of sp³-hybridized carbons (Fsp3) is 0.250. The van der Waals surface area contributed by atoms with Gasteiger partial charge in [-0.2, -0.15) is 0 Å². The van der Waals surface area contributed by atoms with E-state index in [9.17, 15) is 4.39 Å². The molecule has 1 fully saturated rings. The van der Waals surface area contributed by atoms with Crippen LogP contribution in [0.5, 0.6) is 5.75 Å². The highest BCUT2D eigenvalue weighted by atomic mass is 19.1. The standard InChI is InChI=1S/C28H25FN4O3/c1-34-28(9-12-35-13-10-28)21-15-22(29)17-23(16-21)36-18-19-5-7-25-20(14-19)6-8-26-31-32-27(33(25)26)24-4-2-3-11-30-24/h2-8,11,14-17H,9-10,12-13,18H2,1H3. The molecule has 0 amide bonds. The number of rotatable bonds is 6. The molecule has 2 aromatic carbocycles. The van der Waals surface area contributed by atoms with Crippen LogP contribution in [0.3, 0.4) is 0 Å². The zero-order valence-corrected chi connectivity index (χ0v) is 19.9. The van der Waals surface area contributed by atoms with E-state index in [1.165, 1.54) is 12.1 Å². The van der Waals surface area contributed by atoms with Gasteiger partial charge in [0.25, 0.3) is 0 Å². The minimum Gasteiger partial charge on any atom is -0.489 e. The first-order chi connectivity index (χ1) is 17.6. The first kappa shape index (κ1) is 22.6. The Morgan fingerprint density at radius 3 is 2.69 bits per heavy atom. The normalized spacial score (nSPS) is 15.4. The maximum Gasteiger partial charge on any atom is 0.187 e. The minimum atomic E-state index is -0.559. The Labute approximate surface area is 207 Å². The Balaban J connectivity index is 1.29. The van der Waals surface area contributed by atoms with Crippen molar-refractivity contribution in [2.24, 2.45) is 0 Å². The van der Waals surface area contributed by atoms with E-state index in [2.05, 4.69) is 21.2 Å². The van der Waals surface area contributed by atoms with E-state index in [-0.39, 0.29) is 5.82 Å². The number of ether oxygens (including phenoxy) is 3. The van der Waals surface area contributed by atoms with Crippen molar-refractivity contribution >= 4 is 16.6 Å². The summed E-state index contributed by atoms with van der Waals surface area (Å²) >= 11 is 0. The van der Waals surface area contributed by atoms with Crippen molar-refractivity contribution in [3.05, 3.63) is 89.9 Å². The molecule has 4 heterocycles. The minimum absolute atomic E-state index is 0.301. The highest BCUT2D eigenvalue weighted by Gasteiger charge is 2.35. The molecule has 1 saturated heterocycles. The molecule has 5 aromatic rings. The average molecular weight is 485 g/mol. The van der Waals surface area contributed by atoms with Gasteiger partial charge in [-0.15, -0.1) is 10.2 Å². The summed E-state index contributed by atoms with van der Waals surface area (Å²) in [5.74, 6) is 0.813. The number of methoxy groups -OCH3 is 1. The van der Waals surface area contributed by atoms with E-state index < -0.39 is 5.60 Å². The molecular formula is C28H25FN4O3. The Hall–Kier alpha value is -3.88. The second-order valence-electron chi connectivity index (χ2n) is 8.93. The van der Waals surface area contributed by atoms with Crippen LogP contribution in [0.1, 0.15) is 24.0 Å². The van der Waals surface area contributed by atoms with Gasteiger partial charge in [0.15, 0.2) is 11.5 Å². The zero-order valence-electron chi connectivity index (χ0n) is 19.9. The molecule has 0 N–H and O–H groups in total. The smallest absolute Gasteiger partial charge is 0.187 e. The van der Waals surface area contributed by atoms with Crippen molar-refractivity contribution in [2.45, 2.75) is 25.0 Å². The molecule has 36 heavy (non-hydrogen) atoms. The predicted molar refractivity (Wildman–Crippen MR) is 133 cm³/mol. The van der Waals surface area contributed by atoms with Crippen molar-refractivity contribution in [1.82, 2.24) is 19.6 Å². The molecule has 0 bridgehead atoms. The molecule has 0 aliphatic carbocycles. The van der Waals surface area contributed by atoms with Gasteiger partial charge >= 0.3 is 0 Å². The number of halogens is 1. The second-order valence-corrected chi connectivity index (χ2v) is 8.93. The molecule has 1 aliphatic rings. The van der Waals surface area contributed by atoms with Gasteiger partial charge in [-0.1, -0.05) is 12.1 Å². The number of fused-ring (bicyclic) bond motifs is 3. The molecule has 0 saturated carbocycles. The number of hydrogen-bond acceptors (Lipinski definition) is 6. The van der Waals surface area contributed by atoms with Gasteiger partial charge in [-0.05, 0) is 65.0 Å². The van der Waals surface area contributed by atoms with Gasteiger partial charge in [0, 0.05) is 45.4 Å². The van der Waals surface area contributed by atoms with Gasteiger partial charge in [-0.25, -0.2) is 4.39 Å². The maximum absolute atomic E-state index is 14.5. The summed E-state index contributed by atoms with van der Waals surface area (Å²) in [4.78, 5) is 4.43. The van der Waals surface area contributed by atoms with E-state index in [1.807, 2.05) is 52.9 Å². The summed E-state index contributed by atoms with van der Waals surface area (Å²) in [5.41, 5.74) is 3.66. The van der Waals surface area contributed by atoms with E-state index in [4.69, 9.17) is 14.2 Å². The Kier molecular flexibility index (Phi) is 5.83. The summed E-state index contributed by atoms with van der Waals surface area (Å²) in [6.45, 7) is 1.47. The van der Waals surface area contributed by atoms with Crippen LogP contribution in [0.15, 0.2) is 72.9 Å². The summed E-state index contributed by atoms with van der Waals surface area (Å²) in [5, 5.41) is 9.67. The molecule has 1 aliphatic heterocycles. The number of benzene rings is 2. The highest BCUT2D eigenvalue weighted by Crippen LogP contribution is 2.37. The highest BCUT2D eigenvalue weighted by molar-refractivity contribution is 5.84. The lowest BCUT2D eigenvalue weighted by Gasteiger charge is -2.36. The number of pyridine rings is 2. The molecular weight excluding hydrogens is 459 g/mol. The van der Waals surface area contributed by atoms with Gasteiger partial charge in [-0.3, -0.25) is 9.38 Å². The van der Waals surface area contributed by atoms with Gasteiger partial charge in [0.2, 0.25) is 0 Å². The molecule has 7 nitrogen and oxygen atoms in total. The summed E-state index contributed by atoms with van der Waals surface area (Å²) in [6, 6.07) is 20.6. The molecule has 6 rings (SSSR count). The van der Waals surface area contributed by atoms with Crippen LogP contribution in [0, 0.1) is 5.82 Å². The van der Waals surface area contributed by atoms with Gasteiger partial charge in [0.05, 0.1) is 11.1 Å². The quantitative estimate of drug-likeness (QED) is 0.325. The average Bonchev–Trinajstić information content (AvgIpc) is 3.37. The lowest BCUT2D eigenvalue weighted by molar-refractivity contribution is -0.0950. The number of aromatic nitrogens is 4. The Bertz CT molecular complexity index is 1530. The number of nitrogens with zero attached hydrogens (tertiary/aromatic N) is 4. The molecule has 0 unspecified atom stereocenters. The van der Waals surface area contributed by atoms with E-state index in [0.717, 1.165) is 33.4 Å². The third-order valence-electron chi connectivity index (χ3n) is 6.82. The topological polar surface area (TPSA) is 70.8 Å². The van der Waals surface area contributed by atoms with Crippen LogP contribution < -0.4 is 4.74 Å². The van der Waals surface area contributed by atoms with E-state index in [1.54, 1.807) is 13.3 Å². The lowest BCUT2D eigenvalue weighted by Crippen LogP contribution is -2.35. The van der Waals surface area contributed by atoms with E-state index >= 15 is 0 Å². The largest absolute Gasteiger partial charge is 0.489 e. The maximum atomic E-state index is 14.5. The second kappa shape index (κ2) is 9.29. The van der Waals surface area contributed by atoms with Crippen LogP contribution in [0.2, 0.25) is 0 Å². The van der Waals surface area contributed by atoms with Crippen molar-refractivity contribution in [1.29, 1.82) is 0 Å². The molecule has 0 atom stereocenters. The predicted octanol–water partition coefficient (Wildman–Crippen LogP) is 5.31. The van der Waals surface area contributed by atoms with Crippen LogP contribution in [-0.2, 0) is 21.7 Å². The lowest BCUT2D eigenvalue weighted by atomic mass is 9.86. The van der Waals surface area contributed by atoms with Crippen LogP contribution >= 0.6 is 0 Å². The number of hydrogen-bond donors (Lipinski definition) is 0. The van der Waals surface area contributed by atoms with Crippen LogP contribution in [-0.4, -0.2) is 39.9 Å². The van der Waals surface area contributed by atoms with Crippen molar-refractivity contribution in [2.75, 3.05) is 20.3 Å². The molecule has 182 valence electrons. The third-order valence-corrected chi connectivity index (χ3v) is 6.82. The fourth-order valence-corrected chi connectivity index (χ4v) is 4.89. The van der Waals surface area contributed by atoms with Crippen molar-refractivity contribution < 1.29 is 18.6 Å². The van der Waals surface area contributed by atoms with Crippen LogP contribution in [0.4, 0.5) is 4.39 Å². The van der Waals surface area contributed by atoms with Crippen molar-refractivity contribution in [3.8, 4) is 17.3 Å². The summed E-state index contributed by atoms with van der Waals surface area (Å²) < 4.78 is 33.9. The first-order valence-corrected chi connectivity index (χ1v) is 11.9. The Morgan fingerprint density at radius 1 is 1.00 bits per heavy atom. The fourth-order valence-electron chi connectivity index (χ4n) is 4.89. The Morgan fingerprint density at radius 2 is 1.89 bits per heavy atom. The molecule has 8 heteroatoms. The molecule has 0 radical (unpaired) electrons. The zero-order chi connectivity index (χ0) is 24.5. The van der Waals surface area contributed by atoms with E-state index in [0.29, 0.717) is 44.2 Å². The van der Waals surface area contributed by atoms with Gasteiger partial charge in [0.1, 0.15) is 23.9 Å². The summed E-state index contributed by atoms with van der Waals surface area (Å²) in [7, 11) is 1.66. The third kappa shape index (κ3) is 4.08.